The monoisotopic (exact) mass is 444 g/mol. The van der Waals surface area contributed by atoms with Crippen LogP contribution in [0.4, 0.5) is 15.0 Å². The van der Waals surface area contributed by atoms with Crippen LogP contribution in [0.5, 0.6) is 0 Å². The van der Waals surface area contributed by atoms with Crippen molar-refractivity contribution in [2.24, 2.45) is 5.92 Å². The van der Waals surface area contributed by atoms with E-state index >= 15 is 0 Å². The van der Waals surface area contributed by atoms with Crippen LogP contribution in [0.2, 0.25) is 5.02 Å². The zero-order valence-corrected chi connectivity index (χ0v) is 17.5. The lowest BCUT2D eigenvalue weighted by atomic mass is 9.98. The topological polar surface area (TPSA) is 96.0 Å². The zero-order valence-electron chi connectivity index (χ0n) is 16.8. The zero-order chi connectivity index (χ0) is 21.8. The normalized spacial score (nSPS) is 16.3. The van der Waals surface area contributed by atoms with Crippen LogP contribution in [0.1, 0.15) is 12.8 Å². The van der Waals surface area contributed by atoms with E-state index in [1.807, 2.05) is 0 Å². The molecule has 2 N–H and O–H groups in total. The highest BCUT2D eigenvalue weighted by molar-refractivity contribution is 6.31. The molecule has 0 radical (unpaired) electrons. The quantitative estimate of drug-likeness (QED) is 0.551. The van der Waals surface area contributed by atoms with Gasteiger partial charge in [-0.25, -0.2) is 24.1 Å². The summed E-state index contributed by atoms with van der Waals surface area (Å²) >= 11 is 6.06. The van der Waals surface area contributed by atoms with E-state index < -0.39 is 5.82 Å². The van der Waals surface area contributed by atoms with Gasteiger partial charge in [0.05, 0.1) is 11.2 Å². The van der Waals surface area contributed by atoms with Crippen LogP contribution in [0, 0.1) is 11.7 Å². The molecule has 31 heavy (non-hydrogen) atoms. The number of fused-ring (bicyclic) bond motifs is 1. The SMILES string of the molecule is C=CCOC(=O)N1CCC[C@@H](CNc2nc(-c3c[nH]c4ncc(Cl)cc34)ncc2F)C1. The average molecular weight is 445 g/mol. The Labute approximate surface area is 183 Å². The summed E-state index contributed by atoms with van der Waals surface area (Å²) in [5.41, 5.74) is 1.33. The number of piperidine rings is 1. The fourth-order valence-corrected chi connectivity index (χ4v) is 3.80. The van der Waals surface area contributed by atoms with Crippen molar-refractivity contribution in [2.75, 3.05) is 31.6 Å². The second-order valence-corrected chi connectivity index (χ2v) is 7.78. The number of amides is 1. The summed E-state index contributed by atoms with van der Waals surface area (Å²) in [4.78, 5) is 29.5. The van der Waals surface area contributed by atoms with Crippen LogP contribution < -0.4 is 5.32 Å². The Kier molecular flexibility index (Phi) is 6.31. The molecule has 0 spiro atoms. The summed E-state index contributed by atoms with van der Waals surface area (Å²) in [7, 11) is 0. The summed E-state index contributed by atoms with van der Waals surface area (Å²) in [5, 5.41) is 4.32. The maximum absolute atomic E-state index is 14.4. The number of hydrogen-bond donors (Lipinski definition) is 2. The lowest BCUT2D eigenvalue weighted by Crippen LogP contribution is -2.42. The predicted octanol–water partition coefficient (Wildman–Crippen LogP) is 4.26. The summed E-state index contributed by atoms with van der Waals surface area (Å²) in [6, 6.07) is 1.76. The number of ether oxygens (including phenoxy) is 1. The lowest BCUT2D eigenvalue weighted by Gasteiger charge is -2.32. The van der Waals surface area contributed by atoms with Crippen molar-refractivity contribution < 1.29 is 13.9 Å². The van der Waals surface area contributed by atoms with E-state index in [1.165, 1.54) is 6.08 Å². The van der Waals surface area contributed by atoms with Crippen LogP contribution in [0.3, 0.4) is 0 Å². The largest absolute Gasteiger partial charge is 0.445 e. The van der Waals surface area contributed by atoms with Gasteiger partial charge in [-0.2, -0.15) is 0 Å². The van der Waals surface area contributed by atoms with Gasteiger partial charge in [0.15, 0.2) is 17.5 Å². The Morgan fingerprint density at radius 2 is 2.32 bits per heavy atom. The Balaban J connectivity index is 1.46. The van der Waals surface area contributed by atoms with Gasteiger partial charge in [-0.15, -0.1) is 0 Å². The van der Waals surface area contributed by atoms with E-state index in [2.05, 4.69) is 31.8 Å². The third-order valence-corrected chi connectivity index (χ3v) is 5.35. The molecule has 3 aromatic rings. The third kappa shape index (κ3) is 4.77. The molecule has 4 heterocycles. The minimum absolute atomic E-state index is 0.112. The van der Waals surface area contributed by atoms with Gasteiger partial charge in [-0.3, -0.25) is 0 Å². The number of H-pyrrole nitrogens is 1. The number of rotatable bonds is 6. The van der Waals surface area contributed by atoms with Gasteiger partial charge in [-0.05, 0) is 24.8 Å². The molecule has 4 rings (SSSR count). The predicted molar refractivity (Wildman–Crippen MR) is 116 cm³/mol. The molecule has 1 fully saturated rings. The van der Waals surface area contributed by atoms with E-state index in [4.69, 9.17) is 16.3 Å². The molecule has 0 unspecified atom stereocenters. The van der Waals surface area contributed by atoms with Crippen molar-refractivity contribution in [2.45, 2.75) is 12.8 Å². The van der Waals surface area contributed by atoms with Gasteiger partial charge in [0, 0.05) is 43.0 Å². The first-order valence-electron chi connectivity index (χ1n) is 9.97. The minimum Gasteiger partial charge on any atom is -0.445 e. The van der Waals surface area contributed by atoms with E-state index in [0.29, 0.717) is 41.7 Å². The molecule has 1 aliphatic rings. The number of nitrogens with one attached hydrogen (secondary N) is 2. The Morgan fingerprint density at radius 3 is 3.16 bits per heavy atom. The number of aromatic amines is 1. The van der Waals surface area contributed by atoms with Crippen LogP contribution in [0.15, 0.2) is 37.3 Å². The van der Waals surface area contributed by atoms with E-state index in [1.54, 1.807) is 23.4 Å². The van der Waals surface area contributed by atoms with Crippen molar-refractivity contribution in [3.05, 3.63) is 48.2 Å². The molecule has 0 bridgehead atoms. The van der Waals surface area contributed by atoms with Crippen molar-refractivity contribution in [3.63, 3.8) is 0 Å². The molecule has 1 saturated heterocycles. The Morgan fingerprint density at radius 1 is 1.45 bits per heavy atom. The summed E-state index contributed by atoms with van der Waals surface area (Å²) in [6.45, 7) is 5.38. The second-order valence-electron chi connectivity index (χ2n) is 7.34. The summed E-state index contributed by atoms with van der Waals surface area (Å²) in [5.74, 6) is 0.0786. The first-order valence-corrected chi connectivity index (χ1v) is 10.3. The van der Waals surface area contributed by atoms with Crippen molar-refractivity contribution in [3.8, 4) is 11.4 Å². The number of carbonyl (C=O) groups is 1. The van der Waals surface area contributed by atoms with Gasteiger partial charge in [-0.1, -0.05) is 24.3 Å². The van der Waals surface area contributed by atoms with E-state index in [0.717, 1.165) is 24.4 Å². The maximum Gasteiger partial charge on any atom is 0.410 e. The van der Waals surface area contributed by atoms with Gasteiger partial charge < -0.3 is 19.9 Å². The van der Waals surface area contributed by atoms with E-state index in [9.17, 15) is 9.18 Å². The van der Waals surface area contributed by atoms with Crippen LogP contribution in [0.25, 0.3) is 22.4 Å². The van der Waals surface area contributed by atoms with Crippen molar-refractivity contribution >= 4 is 34.5 Å². The maximum atomic E-state index is 14.4. The molecule has 1 amide bonds. The number of pyridine rings is 1. The van der Waals surface area contributed by atoms with E-state index in [-0.39, 0.29) is 24.4 Å². The smallest absolute Gasteiger partial charge is 0.410 e. The number of anilines is 1. The van der Waals surface area contributed by atoms with Crippen molar-refractivity contribution in [1.82, 2.24) is 24.8 Å². The summed E-state index contributed by atoms with van der Waals surface area (Å²) in [6.07, 6.45) is 7.37. The minimum atomic E-state index is -0.544. The van der Waals surface area contributed by atoms with Gasteiger partial charge in [0.2, 0.25) is 0 Å². The number of halogens is 2. The van der Waals surface area contributed by atoms with Crippen LogP contribution in [-0.4, -0.2) is 57.2 Å². The third-order valence-electron chi connectivity index (χ3n) is 5.14. The fourth-order valence-electron chi connectivity index (χ4n) is 3.64. The number of hydrogen-bond acceptors (Lipinski definition) is 6. The molecule has 1 aliphatic heterocycles. The first-order chi connectivity index (χ1) is 15.0. The fraction of sp³-hybridized carbons (Fsp3) is 0.333. The van der Waals surface area contributed by atoms with Crippen LogP contribution >= 0.6 is 11.6 Å². The highest BCUT2D eigenvalue weighted by atomic mass is 35.5. The molecule has 10 heteroatoms. The number of carbonyl (C=O) groups excluding carboxylic acids is 1. The lowest BCUT2D eigenvalue weighted by molar-refractivity contribution is 0.0942. The first kappa shape index (κ1) is 21.0. The van der Waals surface area contributed by atoms with Crippen molar-refractivity contribution in [1.29, 1.82) is 0 Å². The molecule has 3 aromatic heterocycles. The van der Waals surface area contributed by atoms with Gasteiger partial charge in [0.25, 0.3) is 0 Å². The molecular formula is C21H22ClFN6O2. The average Bonchev–Trinajstić information content (AvgIpc) is 3.20. The molecule has 0 aliphatic carbocycles. The molecular weight excluding hydrogens is 423 g/mol. The van der Waals surface area contributed by atoms with Gasteiger partial charge in [0.1, 0.15) is 12.3 Å². The Bertz CT molecular complexity index is 1100. The molecule has 0 aromatic carbocycles. The standard InChI is InChI=1S/C21H22ClFN6O2/c1-2-6-31-21(30)29-5-3-4-13(12-29)8-24-20-17(23)11-27-19(28-20)16-10-26-18-15(16)7-14(22)9-25-18/h2,7,9-11,13H,1,3-6,8,12H2,(H,25,26)(H,24,27,28)/t13-/m0/s1. The molecule has 8 nitrogen and oxygen atoms in total. The highest BCUT2D eigenvalue weighted by Gasteiger charge is 2.25. The van der Waals surface area contributed by atoms with Crippen LogP contribution in [-0.2, 0) is 4.74 Å². The highest BCUT2D eigenvalue weighted by Crippen LogP contribution is 2.28. The Hall–Kier alpha value is -3.20. The molecule has 0 saturated carbocycles. The molecule has 162 valence electrons. The molecule has 1 atom stereocenters. The second kappa shape index (κ2) is 9.30. The summed E-state index contributed by atoms with van der Waals surface area (Å²) < 4.78 is 19.5. The van der Waals surface area contributed by atoms with Gasteiger partial charge >= 0.3 is 6.09 Å². The number of likely N-dealkylation sites (tertiary alicyclic amines) is 1. The number of aromatic nitrogens is 4. The number of nitrogens with zero attached hydrogens (tertiary/aromatic N) is 4.